The molecule has 0 radical (unpaired) electrons. The monoisotopic (exact) mass is 210 g/mol. The van der Waals surface area contributed by atoms with Gasteiger partial charge in [0, 0.05) is 12.3 Å². The second-order valence-electron chi connectivity index (χ2n) is 5.89. The molecule has 2 heteroatoms. The molecule has 2 saturated carbocycles. The molecular formula is C13H24NO+. The molecule has 2 aliphatic carbocycles. The van der Waals surface area contributed by atoms with Crippen molar-refractivity contribution in [3.63, 3.8) is 0 Å². The average molecular weight is 210 g/mol. The van der Waals surface area contributed by atoms with E-state index in [4.69, 9.17) is 0 Å². The highest BCUT2D eigenvalue weighted by Crippen LogP contribution is 2.41. The summed E-state index contributed by atoms with van der Waals surface area (Å²) < 4.78 is 0. The molecule has 2 N–H and O–H groups in total. The highest BCUT2D eigenvalue weighted by atomic mass is 16.3. The second-order valence-corrected chi connectivity index (χ2v) is 5.89. The molecule has 15 heavy (non-hydrogen) atoms. The van der Waals surface area contributed by atoms with Crippen LogP contribution in [0.3, 0.4) is 0 Å². The van der Waals surface area contributed by atoms with Gasteiger partial charge < -0.3 is 10.0 Å². The van der Waals surface area contributed by atoms with Crippen molar-refractivity contribution in [3.8, 4) is 0 Å². The highest BCUT2D eigenvalue weighted by molar-refractivity contribution is 4.93. The summed E-state index contributed by atoms with van der Waals surface area (Å²) in [7, 11) is 0. The van der Waals surface area contributed by atoms with E-state index in [9.17, 15) is 5.11 Å². The highest BCUT2D eigenvalue weighted by Gasteiger charge is 2.47. The van der Waals surface area contributed by atoms with Crippen molar-refractivity contribution in [2.75, 3.05) is 13.1 Å². The Bertz CT molecular complexity index is 225. The van der Waals surface area contributed by atoms with Gasteiger partial charge in [-0.15, -0.1) is 0 Å². The van der Waals surface area contributed by atoms with E-state index in [2.05, 4.69) is 0 Å². The maximum Gasteiger partial charge on any atom is 0.0928 e. The van der Waals surface area contributed by atoms with Crippen molar-refractivity contribution < 1.29 is 10.0 Å². The molecule has 3 rings (SSSR count). The minimum atomic E-state index is 0.0539. The summed E-state index contributed by atoms with van der Waals surface area (Å²) in [5.41, 5.74) is 0. The van der Waals surface area contributed by atoms with E-state index in [1.807, 2.05) is 4.90 Å². The number of quaternary nitrogens is 1. The van der Waals surface area contributed by atoms with E-state index >= 15 is 0 Å². The van der Waals surface area contributed by atoms with Crippen LogP contribution in [0.4, 0.5) is 0 Å². The lowest BCUT2D eigenvalue weighted by molar-refractivity contribution is -0.935. The van der Waals surface area contributed by atoms with Crippen LogP contribution < -0.4 is 4.90 Å². The molecule has 2 nitrogen and oxygen atoms in total. The van der Waals surface area contributed by atoms with E-state index in [-0.39, 0.29) is 6.10 Å². The van der Waals surface area contributed by atoms with Gasteiger partial charge >= 0.3 is 0 Å². The second kappa shape index (κ2) is 4.06. The Hall–Kier alpha value is -0.0800. The van der Waals surface area contributed by atoms with E-state index < -0.39 is 0 Å². The summed E-state index contributed by atoms with van der Waals surface area (Å²) in [5, 5.41) is 10.2. The van der Waals surface area contributed by atoms with Gasteiger partial charge in [-0.25, -0.2) is 0 Å². The number of likely N-dealkylation sites (tertiary alicyclic amines) is 1. The SMILES string of the molecule is O[C@@H]1[C@H]2CC[C@@H]1[C@H]([NH+]1CCCCC1)CC2. The molecule has 4 atom stereocenters. The largest absolute Gasteiger partial charge is 0.392 e. The minimum Gasteiger partial charge on any atom is -0.392 e. The lowest BCUT2D eigenvalue weighted by Gasteiger charge is -2.39. The van der Waals surface area contributed by atoms with Crippen LogP contribution in [-0.2, 0) is 0 Å². The maximum atomic E-state index is 10.2. The number of aliphatic hydroxyl groups is 1. The minimum absolute atomic E-state index is 0.0539. The third-order valence-corrected chi connectivity index (χ3v) is 5.18. The van der Waals surface area contributed by atoms with Gasteiger partial charge in [0.15, 0.2) is 0 Å². The van der Waals surface area contributed by atoms with Gasteiger partial charge in [0.2, 0.25) is 0 Å². The first-order valence-corrected chi connectivity index (χ1v) is 6.89. The predicted molar refractivity (Wildman–Crippen MR) is 59.8 cm³/mol. The molecule has 3 fully saturated rings. The maximum absolute atomic E-state index is 10.2. The first-order chi connectivity index (χ1) is 7.36. The fraction of sp³-hybridized carbons (Fsp3) is 1.00. The summed E-state index contributed by atoms with van der Waals surface area (Å²) in [6, 6.07) is 0.805. The number of hydrogen-bond acceptors (Lipinski definition) is 1. The Kier molecular flexibility index (Phi) is 2.73. The standard InChI is InChI=1S/C13H23NO/c15-13-10-4-6-11(13)12(7-5-10)14-8-2-1-3-9-14/h10-13,15H,1-9H2/p+1/t10-,11+,12+,13+/m0/s1. The van der Waals surface area contributed by atoms with E-state index in [0.29, 0.717) is 11.8 Å². The predicted octanol–water partition coefficient (Wildman–Crippen LogP) is 0.605. The molecule has 0 aromatic carbocycles. The first-order valence-electron chi connectivity index (χ1n) is 6.89. The normalized spacial score (nSPS) is 47.0. The van der Waals surface area contributed by atoms with Crippen molar-refractivity contribution in [1.29, 1.82) is 0 Å². The summed E-state index contributed by atoms with van der Waals surface area (Å²) in [4.78, 5) is 1.82. The molecule has 0 aromatic rings. The molecule has 3 aliphatic rings. The number of fused-ring (bicyclic) bond motifs is 2. The molecule has 86 valence electrons. The lowest BCUT2D eigenvalue weighted by Crippen LogP contribution is -3.17. The van der Waals surface area contributed by atoms with Crippen LogP contribution >= 0.6 is 0 Å². The molecule has 0 amide bonds. The molecule has 1 aliphatic heterocycles. The van der Waals surface area contributed by atoms with Crippen molar-refractivity contribution in [2.24, 2.45) is 11.8 Å². The van der Waals surface area contributed by atoms with Crippen LogP contribution in [0.5, 0.6) is 0 Å². The fourth-order valence-corrected chi connectivity index (χ4v) is 4.34. The third kappa shape index (κ3) is 1.72. The van der Waals surface area contributed by atoms with Gasteiger partial charge in [-0.1, -0.05) is 0 Å². The van der Waals surface area contributed by atoms with Crippen LogP contribution in [0.15, 0.2) is 0 Å². The molecule has 0 spiro atoms. The molecular weight excluding hydrogens is 186 g/mol. The number of piperidine rings is 1. The molecule has 1 saturated heterocycles. The van der Waals surface area contributed by atoms with E-state index in [1.54, 1.807) is 0 Å². The van der Waals surface area contributed by atoms with Gasteiger partial charge in [-0.05, 0) is 44.4 Å². The van der Waals surface area contributed by atoms with Crippen molar-refractivity contribution in [3.05, 3.63) is 0 Å². The number of rotatable bonds is 1. The van der Waals surface area contributed by atoms with Gasteiger partial charge in [0.25, 0.3) is 0 Å². The van der Waals surface area contributed by atoms with Crippen LogP contribution in [-0.4, -0.2) is 30.3 Å². The van der Waals surface area contributed by atoms with Crippen LogP contribution in [0.1, 0.15) is 44.9 Å². The Balaban J connectivity index is 1.69. The smallest absolute Gasteiger partial charge is 0.0928 e. The average Bonchev–Trinajstić information content (AvgIpc) is 2.54. The van der Waals surface area contributed by atoms with Crippen LogP contribution in [0.2, 0.25) is 0 Å². The quantitative estimate of drug-likeness (QED) is 0.651. The zero-order valence-electron chi connectivity index (χ0n) is 9.62. The van der Waals surface area contributed by atoms with E-state index in [0.717, 1.165) is 6.04 Å². The topological polar surface area (TPSA) is 24.7 Å². The van der Waals surface area contributed by atoms with Crippen molar-refractivity contribution >= 4 is 0 Å². The fourth-order valence-electron chi connectivity index (χ4n) is 4.34. The number of nitrogens with one attached hydrogen (secondary N) is 1. The van der Waals surface area contributed by atoms with Gasteiger partial charge in [0.1, 0.15) is 0 Å². The molecule has 1 heterocycles. The zero-order chi connectivity index (χ0) is 10.3. The van der Waals surface area contributed by atoms with Crippen molar-refractivity contribution in [1.82, 2.24) is 0 Å². The zero-order valence-corrected chi connectivity index (χ0v) is 9.62. The molecule has 0 aromatic heterocycles. The van der Waals surface area contributed by atoms with Gasteiger partial charge in [0.05, 0.1) is 25.2 Å². The van der Waals surface area contributed by atoms with Gasteiger partial charge in [-0.3, -0.25) is 0 Å². The Labute approximate surface area is 92.7 Å². The number of aliphatic hydroxyl groups excluding tert-OH is 1. The van der Waals surface area contributed by atoms with Crippen LogP contribution in [0.25, 0.3) is 0 Å². The van der Waals surface area contributed by atoms with Crippen molar-refractivity contribution in [2.45, 2.75) is 57.1 Å². The summed E-state index contributed by atoms with van der Waals surface area (Å²) in [6.07, 6.45) is 9.61. The Morgan fingerprint density at radius 1 is 0.867 bits per heavy atom. The Morgan fingerprint density at radius 3 is 2.40 bits per heavy atom. The first kappa shape index (κ1) is 10.1. The number of hydrogen-bond donors (Lipinski definition) is 2. The Morgan fingerprint density at radius 2 is 1.60 bits per heavy atom. The summed E-state index contributed by atoms with van der Waals surface area (Å²) in [6.45, 7) is 2.75. The lowest BCUT2D eigenvalue weighted by atomic mass is 9.81. The van der Waals surface area contributed by atoms with Crippen LogP contribution in [0, 0.1) is 11.8 Å². The molecule has 0 unspecified atom stereocenters. The molecule has 2 bridgehead atoms. The van der Waals surface area contributed by atoms with Gasteiger partial charge in [-0.2, -0.15) is 0 Å². The summed E-state index contributed by atoms with van der Waals surface area (Å²) >= 11 is 0. The van der Waals surface area contributed by atoms with E-state index in [1.165, 1.54) is 58.0 Å². The third-order valence-electron chi connectivity index (χ3n) is 5.18. The summed E-state index contributed by atoms with van der Waals surface area (Å²) in [5.74, 6) is 1.31.